The van der Waals surface area contributed by atoms with Gasteiger partial charge in [0.25, 0.3) is 0 Å². The van der Waals surface area contributed by atoms with E-state index in [0.29, 0.717) is 5.11 Å². The molecule has 0 bridgehead atoms. The molecule has 3 nitrogen and oxygen atoms in total. The van der Waals surface area contributed by atoms with Gasteiger partial charge < -0.3 is 5.32 Å². The minimum absolute atomic E-state index is 0.469. The molecule has 0 aliphatic carbocycles. The molecule has 0 saturated heterocycles. The van der Waals surface area contributed by atoms with E-state index in [1.54, 1.807) is 6.21 Å². The monoisotopic (exact) mass is 269 g/mol. The summed E-state index contributed by atoms with van der Waals surface area (Å²) in [6.07, 6.45) is 1.73. The summed E-state index contributed by atoms with van der Waals surface area (Å²) in [7, 11) is 0. The minimum atomic E-state index is 0.469. The quantitative estimate of drug-likeness (QED) is 0.510. The Kier molecular flexibility index (Phi) is 4.64. The van der Waals surface area contributed by atoms with Crippen LogP contribution in [0.25, 0.3) is 0 Å². The Morgan fingerprint density at radius 1 is 1.05 bits per heavy atom. The van der Waals surface area contributed by atoms with Crippen molar-refractivity contribution >= 4 is 29.2 Å². The minimum Gasteiger partial charge on any atom is -0.331 e. The third-order valence-electron chi connectivity index (χ3n) is 2.49. The predicted octanol–water partition coefficient (Wildman–Crippen LogP) is 3.32. The first kappa shape index (κ1) is 13.2. The van der Waals surface area contributed by atoms with Crippen LogP contribution in [0.3, 0.4) is 0 Å². The number of hydrogen-bond donors (Lipinski definition) is 2. The first-order valence-corrected chi connectivity index (χ1v) is 6.36. The number of rotatable bonds is 3. The van der Waals surface area contributed by atoms with Gasteiger partial charge in [0, 0.05) is 5.69 Å². The second-order valence-corrected chi connectivity index (χ2v) is 4.51. The normalized spacial score (nSPS) is 10.4. The Morgan fingerprint density at radius 2 is 1.74 bits per heavy atom. The summed E-state index contributed by atoms with van der Waals surface area (Å²) in [5.74, 6) is 0. The van der Waals surface area contributed by atoms with Crippen molar-refractivity contribution in [3.05, 3.63) is 65.7 Å². The van der Waals surface area contributed by atoms with E-state index in [-0.39, 0.29) is 0 Å². The van der Waals surface area contributed by atoms with E-state index in [9.17, 15) is 0 Å². The number of nitrogens with zero attached hydrogens (tertiary/aromatic N) is 1. The van der Waals surface area contributed by atoms with Crippen LogP contribution in [-0.4, -0.2) is 11.3 Å². The Morgan fingerprint density at radius 3 is 2.42 bits per heavy atom. The summed E-state index contributed by atoms with van der Waals surface area (Å²) in [4.78, 5) is 0. The molecule has 0 heterocycles. The topological polar surface area (TPSA) is 36.4 Å². The van der Waals surface area contributed by atoms with Crippen LogP contribution in [0.15, 0.2) is 59.7 Å². The lowest BCUT2D eigenvalue weighted by molar-refractivity contribution is 1.05. The van der Waals surface area contributed by atoms with Gasteiger partial charge in [-0.05, 0) is 36.8 Å². The first-order chi connectivity index (χ1) is 9.24. The second-order valence-electron chi connectivity index (χ2n) is 4.10. The molecule has 96 valence electrons. The lowest BCUT2D eigenvalue weighted by Gasteiger charge is -2.06. The summed E-state index contributed by atoms with van der Waals surface area (Å²) in [5.41, 5.74) is 5.96. The second kappa shape index (κ2) is 6.66. The van der Waals surface area contributed by atoms with Gasteiger partial charge in [0.1, 0.15) is 0 Å². The third-order valence-corrected chi connectivity index (χ3v) is 2.68. The molecule has 2 aromatic carbocycles. The highest BCUT2D eigenvalue weighted by atomic mass is 32.1. The number of aryl methyl sites for hydroxylation is 1. The highest BCUT2D eigenvalue weighted by molar-refractivity contribution is 7.80. The van der Waals surface area contributed by atoms with Gasteiger partial charge in [-0.25, -0.2) is 0 Å². The maximum Gasteiger partial charge on any atom is 0.191 e. The maximum atomic E-state index is 5.15. The van der Waals surface area contributed by atoms with Gasteiger partial charge >= 0.3 is 0 Å². The Hall–Kier alpha value is -2.20. The largest absolute Gasteiger partial charge is 0.331 e. The zero-order valence-corrected chi connectivity index (χ0v) is 11.4. The Labute approximate surface area is 118 Å². The predicted molar refractivity (Wildman–Crippen MR) is 84.6 cm³/mol. The van der Waals surface area contributed by atoms with Crippen molar-refractivity contribution < 1.29 is 0 Å². The van der Waals surface area contributed by atoms with Crippen molar-refractivity contribution in [3.63, 3.8) is 0 Å². The molecule has 0 spiro atoms. The lowest BCUT2D eigenvalue weighted by atomic mass is 10.2. The fourth-order valence-corrected chi connectivity index (χ4v) is 1.67. The highest BCUT2D eigenvalue weighted by Gasteiger charge is 1.95. The van der Waals surface area contributed by atoms with Crippen molar-refractivity contribution in [1.82, 2.24) is 5.43 Å². The average molecular weight is 269 g/mol. The molecule has 0 fully saturated rings. The number of thiocarbonyl (C=S) groups is 1. The molecule has 19 heavy (non-hydrogen) atoms. The molecule has 2 rings (SSSR count). The van der Waals surface area contributed by atoms with E-state index in [1.807, 2.05) is 61.5 Å². The van der Waals surface area contributed by atoms with E-state index in [4.69, 9.17) is 12.2 Å². The molecule has 0 unspecified atom stereocenters. The fraction of sp³-hybridized carbons (Fsp3) is 0.0667. The van der Waals surface area contributed by atoms with Crippen molar-refractivity contribution in [2.24, 2.45) is 5.10 Å². The molecule has 2 N–H and O–H groups in total. The number of nitrogens with one attached hydrogen (secondary N) is 2. The van der Waals surface area contributed by atoms with Gasteiger partial charge in [0.05, 0.1) is 6.21 Å². The molecule has 0 aliphatic rings. The number of hydrazone groups is 1. The van der Waals surface area contributed by atoms with Crippen molar-refractivity contribution in [3.8, 4) is 0 Å². The fourth-order valence-electron chi connectivity index (χ4n) is 1.50. The van der Waals surface area contributed by atoms with Crippen molar-refractivity contribution in [2.75, 3.05) is 5.32 Å². The van der Waals surface area contributed by atoms with E-state index >= 15 is 0 Å². The molecule has 0 amide bonds. The van der Waals surface area contributed by atoms with Crippen LogP contribution in [0.1, 0.15) is 11.1 Å². The van der Waals surface area contributed by atoms with Gasteiger partial charge in [-0.3, -0.25) is 5.43 Å². The number of benzene rings is 2. The molecular formula is C15H15N3S. The van der Waals surface area contributed by atoms with E-state index in [0.717, 1.165) is 11.3 Å². The molecule has 0 aromatic heterocycles. The summed E-state index contributed by atoms with van der Waals surface area (Å²) < 4.78 is 0. The zero-order valence-electron chi connectivity index (χ0n) is 10.6. The SMILES string of the molecule is Cc1ccc(NC(=S)N/N=C/c2ccccc2)cc1. The molecule has 0 atom stereocenters. The van der Waals surface area contributed by atoms with Crippen LogP contribution >= 0.6 is 12.2 Å². The highest BCUT2D eigenvalue weighted by Crippen LogP contribution is 2.08. The van der Waals surface area contributed by atoms with Gasteiger partial charge in [0.15, 0.2) is 5.11 Å². The standard InChI is InChI=1S/C15H15N3S/c1-12-7-9-14(10-8-12)17-15(19)18-16-11-13-5-3-2-4-6-13/h2-11H,1H3,(H2,17,18,19)/b16-11+. The van der Waals surface area contributed by atoms with Crippen LogP contribution in [0.4, 0.5) is 5.69 Å². The van der Waals surface area contributed by atoms with Crippen LogP contribution < -0.4 is 10.7 Å². The average Bonchev–Trinajstić information content (AvgIpc) is 2.43. The number of anilines is 1. The van der Waals surface area contributed by atoms with Crippen LogP contribution in [-0.2, 0) is 0 Å². The summed E-state index contributed by atoms with van der Waals surface area (Å²) in [6, 6.07) is 17.8. The van der Waals surface area contributed by atoms with E-state index in [1.165, 1.54) is 5.56 Å². The molecule has 2 aromatic rings. The van der Waals surface area contributed by atoms with Crippen LogP contribution in [0.2, 0.25) is 0 Å². The van der Waals surface area contributed by atoms with Crippen molar-refractivity contribution in [1.29, 1.82) is 0 Å². The third kappa shape index (κ3) is 4.52. The number of hydrogen-bond acceptors (Lipinski definition) is 2. The van der Waals surface area contributed by atoms with Crippen LogP contribution in [0, 0.1) is 6.92 Å². The molecule has 0 saturated carbocycles. The van der Waals surface area contributed by atoms with Gasteiger partial charge in [-0.2, -0.15) is 5.10 Å². The Bertz CT molecular complexity index is 562. The van der Waals surface area contributed by atoms with Gasteiger partial charge in [-0.15, -0.1) is 0 Å². The smallest absolute Gasteiger partial charge is 0.191 e. The molecular weight excluding hydrogens is 254 g/mol. The van der Waals surface area contributed by atoms with Crippen molar-refractivity contribution in [2.45, 2.75) is 6.92 Å². The molecule has 4 heteroatoms. The van der Waals surface area contributed by atoms with E-state index in [2.05, 4.69) is 15.8 Å². The first-order valence-electron chi connectivity index (χ1n) is 5.96. The van der Waals surface area contributed by atoms with Crippen LogP contribution in [0.5, 0.6) is 0 Å². The summed E-state index contributed by atoms with van der Waals surface area (Å²) >= 11 is 5.15. The molecule has 0 radical (unpaired) electrons. The Balaban J connectivity index is 1.85. The summed E-state index contributed by atoms with van der Waals surface area (Å²) in [6.45, 7) is 2.05. The maximum absolute atomic E-state index is 5.15. The van der Waals surface area contributed by atoms with Gasteiger partial charge in [0.2, 0.25) is 0 Å². The van der Waals surface area contributed by atoms with E-state index < -0.39 is 0 Å². The lowest BCUT2D eigenvalue weighted by Crippen LogP contribution is -2.23. The van der Waals surface area contributed by atoms with Gasteiger partial charge in [-0.1, -0.05) is 48.0 Å². The summed E-state index contributed by atoms with van der Waals surface area (Å²) in [5, 5.41) is 7.61. The molecule has 0 aliphatic heterocycles. The zero-order chi connectivity index (χ0) is 13.5.